The molecule has 0 aromatic carbocycles. The maximum absolute atomic E-state index is 12.5. The molecule has 0 radical (unpaired) electrons. The summed E-state index contributed by atoms with van der Waals surface area (Å²) in [5, 5.41) is 23.2. The first kappa shape index (κ1) is 79.1. The van der Waals surface area contributed by atoms with Gasteiger partial charge in [-0.05, 0) is 64.2 Å². The molecule has 0 fully saturated rings. The van der Waals surface area contributed by atoms with E-state index in [2.05, 4.69) is 43.5 Å². The third-order valence-electron chi connectivity index (χ3n) is 17.2. The summed E-state index contributed by atoms with van der Waals surface area (Å²) in [6.45, 7) is 4.94. The Morgan fingerprint density at radius 3 is 0.938 bits per heavy atom. The van der Waals surface area contributed by atoms with Crippen LogP contribution in [0.25, 0.3) is 0 Å². The summed E-state index contributed by atoms with van der Waals surface area (Å²) >= 11 is 0. The molecule has 0 rings (SSSR count). The van der Waals surface area contributed by atoms with E-state index in [9.17, 15) is 19.8 Å². The summed E-state index contributed by atoms with van der Waals surface area (Å²) in [6.07, 6.45) is 90.9. The number of aliphatic hydroxyl groups excluding tert-OH is 2. The van der Waals surface area contributed by atoms with E-state index < -0.39 is 12.1 Å². The third-order valence-corrected chi connectivity index (χ3v) is 17.2. The Morgan fingerprint density at radius 2 is 0.617 bits per heavy atom. The molecule has 478 valence electrons. The number of hydrogen-bond acceptors (Lipinski definition) is 5. The van der Waals surface area contributed by atoms with Crippen molar-refractivity contribution in [3.8, 4) is 0 Å². The van der Waals surface area contributed by atoms with Gasteiger partial charge in [0.2, 0.25) is 5.91 Å². The Kier molecular flexibility index (Phi) is 68.9. The van der Waals surface area contributed by atoms with Gasteiger partial charge in [0, 0.05) is 12.8 Å². The number of unbranched alkanes of at least 4 members (excludes halogenated alkanes) is 54. The lowest BCUT2D eigenvalue weighted by molar-refractivity contribution is -0.143. The predicted molar refractivity (Wildman–Crippen MR) is 356 cm³/mol. The molecule has 0 heterocycles. The van der Waals surface area contributed by atoms with E-state index in [4.69, 9.17) is 4.74 Å². The molecular formula is C75H143NO5. The van der Waals surface area contributed by atoms with Crippen molar-refractivity contribution < 1.29 is 24.5 Å². The molecule has 0 aliphatic rings. The number of carbonyl (C=O) groups is 2. The maximum atomic E-state index is 12.5. The van der Waals surface area contributed by atoms with E-state index in [0.717, 1.165) is 44.9 Å². The number of nitrogens with one attached hydrogen (secondary N) is 1. The zero-order valence-corrected chi connectivity index (χ0v) is 54.8. The van der Waals surface area contributed by atoms with Crippen LogP contribution < -0.4 is 5.32 Å². The minimum atomic E-state index is -0.850. The smallest absolute Gasteiger partial charge is 0.305 e. The lowest BCUT2D eigenvalue weighted by Gasteiger charge is -2.20. The largest absolute Gasteiger partial charge is 0.466 e. The van der Waals surface area contributed by atoms with Gasteiger partial charge in [-0.15, -0.1) is 0 Å². The number of aliphatic hydroxyl groups is 2. The Balaban J connectivity index is 3.44. The lowest BCUT2D eigenvalue weighted by Crippen LogP contribution is -2.45. The molecule has 0 saturated carbocycles. The number of hydrogen-bond donors (Lipinski definition) is 3. The van der Waals surface area contributed by atoms with Gasteiger partial charge in [0.25, 0.3) is 0 Å². The number of carbonyl (C=O) groups excluding carboxylic acids is 2. The Morgan fingerprint density at radius 1 is 0.346 bits per heavy atom. The first-order valence-corrected chi connectivity index (χ1v) is 36.8. The Bertz CT molecular complexity index is 1310. The predicted octanol–water partition coefficient (Wildman–Crippen LogP) is 23.9. The molecule has 6 heteroatoms. The second-order valence-electron chi connectivity index (χ2n) is 25.3. The highest BCUT2D eigenvalue weighted by Crippen LogP contribution is 2.19. The topological polar surface area (TPSA) is 95.9 Å². The molecule has 0 aliphatic carbocycles. The molecule has 0 spiro atoms. The van der Waals surface area contributed by atoms with Crippen molar-refractivity contribution in [2.24, 2.45) is 0 Å². The second-order valence-corrected chi connectivity index (χ2v) is 25.3. The number of allylic oxidation sites excluding steroid dienone is 5. The maximum Gasteiger partial charge on any atom is 0.305 e. The Labute approximate surface area is 506 Å². The minimum absolute atomic E-state index is 0.0136. The van der Waals surface area contributed by atoms with Crippen molar-refractivity contribution in [1.82, 2.24) is 5.32 Å². The van der Waals surface area contributed by atoms with Crippen molar-refractivity contribution >= 4 is 11.9 Å². The average molecular weight is 1140 g/mol. The van der Waals surface area contributed by atoms with E-state index in [-0.39, 0.29) is 18.5 Å². The van der Waals surface area contributed by atoms with E-state index in [1.54, 1.807) is 6.08 Å². The molecule has 0 aromatic heterocycles. The zero-order chi connectivity index (χ0) is 58.5. The standard InChI is InChI=1S/C75H143NO5/c1-3-5-7-9-11-13-15-17-19-21-23-29-32-35-39-43-47-51-55-59-63-67-73(78)72(71-77)76-74(79)68-64-60-56-52-48-44-40-36-33-30-27-25-24-26-28-31-34-38-42-46-50-54-58-62-66-70-81-75(80)69-65-61-57-53-49-45-41-37-22-20-18-16-14-12-10-8-6-4-2/h25-28,63,67,72-73,77-78H,3-24,29-62,64-66,68-71H2,1-2H3,(H,76,79)/b27-25-,28-26-,67-63+. The Hall–Kier alpha value is -1.92. The molecule has 6 nitrogen and oxygen atoms in total. The fourth-order valence-corrected chi connectivity index (χ4v) is 11.6. The molecule has 1 amide bonds. The van der Waals surface area contributed by atoms with Gasteiger partial charge >= 0.3 is 5.97 Å². The van der Waals surface area contributed by atoms with Crippen LogP contribution in [0.5, 0.6) is 0 Å². The number of rotatable bonds is 69. The molecule has 81 heavy (non-hydrogen) atoms. The second kappa shape index (κ2) is 70.6. The SMILES string of the molecule is CCCCCCCCCCCCCCCCCCCCC/C=C/C(O)C(CO)NC(=O)CCCCCCCCCCC/C=C\C/C=C\CCCCCCCCCCCOC(=O)CCCCCCCCCCCCCCCCCCCC. The van der Waals surface area contributed by atoms with Gasteiger partial charge in [-0.2, -0.15) is 0 Å². The summed E-state index contributed by atoms with van der Waals surface area (Å²) in [7, 11) is 0. The van der Waals surface area contributed by atoms with E-state index in [1.807, 2.05) is 6.08 Å². The lowest BCUT2D eigenvalue weighted by atomic mass is 10.0. The molecule has 2 atom stereocenters. The van der Waals surface area contributed by atoms with Gasteiger partial charge < -0.3 is 20.3 Å². The molecule has 0 saturated heterocycles. The summed E-state index contributed by atoms with van der Waals surface area (Å²) in [5.41, 5.74) is 0. The van der Waals surface area contributed by atoms with Gasteiger partial charge in [-0.25, -0.2) is 0 Å². The van der Waals surface area contributed by atoms with Crippen LogP contribution in [-0.4, -0.2) is 47.4 Å². The van der Waals surface area contributed by atoms with Crippen LogP contribution in [0.2, 0.25) is 0 Å². The van der Waals surface area contributed by atoms with Crippen molar-refractivity contribution in [2.45, 2.75) is 418 Å². The molecule has 0 bridgehead atoms. The molecular weight excluding hydrogens is 995 g/mol. The monoisotopic (exact) mass is 1140 g/mol. The summed E-state index contributed by atoms with van der Waals surface area (Å²) < 4.78 is 5.51. The summed E-state index contributed by atoms with van der Waals surface area (Å²) in [6, 6.07) is -0.634. The van der Waals surface area contributed by atoms with Crippen LogP contribution in [-0.2, 0) is 14.3 Å². The van der Waals surface area contributed by atoms with Gasteiger partial charge in [0.15, 0.2) is 0 Å². The van der Waals surface area contributed by atoms with Crippen LogP contribution in [0.4, 0.5) is 0 Å². The van der Waals surface area contributed by atoms with Crippen LogP contribution in [0.15, 0.2) is 36.5 Å². The number of amides is 1. The van der Waals surface area contributed by atoms with Crippen molar-refractivity contribution in [2.75, 3.05) is 13.2 Å². The van der Waals surface area contributed by atoms with Crippen LogP contribution in [0, 0.1) is 0 Å². The fraction of sp³-hybridized carbons (Fsp3) is 0.893. The van der Waals surface area contributed by atoms with Gasteiger partial charge in [0.05, 0.1) is 25.4 Å². The molecule has 0 aliphatic heterocycles. The number of ether oxygens (including phenoxy) is 1. The molecule has 0 aromatic rings. The highest BCUT2D eigenvalue weighted by molar-refractivity contribution is 5.76. The van der Waals surface area contributed by atoms with Gasteiger partial charge in [0.1, 0.15) is 0 Å². The summed E-state index contributed by atoms with van der Waals surface area (Å²) in [5.74, 6) is -0.0568. The van der Waals surface area contributed by atoms with Crippen LogP contribution in [0.1, 0.15) is 406 Å². The van der Waals surface area contributed by atoms with E-state index >= 15 is 0 Å². The van der Waals surface area contributed by atoms with Crippen LogP contribution >= 0.6 is 0 Å². The number of esters is 1. The zero-order valence-electron chi connectivity index (χ0n) is 54.8. The molecule has 3 N–H and O–H groups in total. The first-order valence-electron chi connectivity index (χ1n) is 36.8. The minimum Gasteiger partial charge on any atom is -0.466 e. The van der Waals surface area contributed by atoms with E-state index in [0.29, 0.717) is 19.4 Å². The van der Waals surface area contributed by atoms with Crippen LogP contribution in [0.3, 0.4) is 0 Å². The highest BCUT2D eigenvalue weighted by atomic mass is 16.5. The van der Waals surface area contributed by atoms with Gasteiger partial charge in [-0.1, -0.05) is 365 Å². The average Bonchev–Trinajstić information content (AvgIpc) is 3.47. The van der Waals surface area contributed by atoms with E-state index in [1.165, 1.54) is 334 Å². The first-order chi connectivity index (χ1) is 40.0. The highest BCUT2D eigenvalue weighted by Gasteiger charge is 2.18. The van der Waals surface area contributed by atoms with Crippen molar-refractivity contribution in [3.05, 3.63) is 36.5 Å². The van der Waals surface area contributed by atoms with Crippen molar-refractivity contribution in [1.29, 1.82) is 0 Å². The quantitative estimate of drug-likeness (QED) is 0.0320. The normalized spacial score (nSPS) is 12.7. The molecule has 2 unspecified atom stereocenters. The van der Waals surface area contributed by atoms with Gasteiger partial charge in [-0.3, -0.25) is 9.59 Å². The third kappa shape index (κ3) is 67.1. The summed E-state index contributed by atoms with van der Waals surface area (Å²) in [4.78, 5) is 24.6. The van der Waals surface area contributed by atoms with Crippen molar-refractivity contribution in [3.63, 3.8) is 0 Å². The fourth-order valence-electron chi connectivity index (χ4n) is 11.6.